The molecule has 14 heavy (non-hydrogen) atoms. The molecule has 0 saturated carbocycles. The smallest absolute Gasteiger partial charge is 0.231 e. The molecule has 0 bridgehead atoms. The minimum atomic E-state index is 0.925. The van der Waals surface area contributed by atoms with Gasteiger partial charge in [0.1, 0.15) is 0 Å². The van der Waals surface area contributed by atoms with Crippen molar-refractivity contribution in [1.29, 1.82) is 0 Å². The number of hydrogen-bond donors (Lipinski definition) is 0. The van der Waals surface area contributed by atoms with E-state index < -0.39 is 0 Å². The first-order chi connectivity index (χ1) is 6.95. The maximum absolute atomic E-state index is 4.22. The highest BCUT2D eigenvalue weighted by Gasteiger charge is 2.17. The van der Waals surface area contributed by atoms with Gasteiger partial charge in [0.25, 0.3) is 0 Å². The molecule has 2 aromatic heterocycles. The van der Waals surface area contributed by atoms with Gasteiger partial charge in [-0.15, -0.1) is 10.2 Å². The van der Waals surface area contributed by atoms with E-state index in [4.69, 9.17) is 0 Å². The van der Waals surface area contributed by atoms with Crippen LogP contribution in [0.15, 0.2) is 24.4 Å². The molecule has 0 N–H and O–H groups in total. The average Bonchev–Trinajstić information content (AvgIpc) is 2.85. The van der Waals surface area contributed by atoms with Crippen LogP contribution in [0.2, 0.25) is 0 Å². The normalized spacial score (nSPS) is 16.7. The van der Waals surface area contributed by atoms with Gasteiger partial charge in [-0.25, -0.2) is 0 Å². The molecule has 4 nitrogen and oxygen atoms in total. The standard InChI is InChI=1S/C10H12N4/c1-2-8-14-9(5-1)11-12-10(14)13-6-3-4-7-13/h1-2,5,8H,3-4,6-7H2. The summed E-state index contributed by atoms with van der Waals surface area (Å²) in [6, 6.07) is 5.97. The van der Waals surface area contributed by atoms with Gasteiger partial charge in [0, 0.05) is 19.3 Å². The van der Waals surface area contributed by atoms with Crippen molar-refractivity contribution in [2.45, 2.75) is 12.8 Å². The Hall–Kier alpha value is -1.58. The van der Waals surface area contributed by atoms with Crippen LogP contribution in [-0.2, 0) is 0 Å². The molecule has 0 spiro atoms. The van der Waals surface area contributed by atoms with Crippen molar-refractivity contribution < 1.29 is 0 Å². The molecular formula is C10H12N4. The van der Waals surface area contributed by atoms with E-state index in [0.717, 1.165) is 24.7 Å². The van der Waals surface area contributed by atoms with Crippen LogP contribution in [0.4, 0.5) is 5.95 Å². The first-order valence-corrected chi connectivity index (χ1v) is 5.00. The molecule has 2 aromatic rings. The molecule has 1 fully saturated rings. The lowest BCUT2D eigenvalue weighted by molar-refractivity contribution is 0.884. The number of hydrogen-bond acceptors (Lipinski definition) is 3. The topological polar surface area (TPSA) is 33.4 Å². The summed E-state index contributed by atoms with van der Waals surface area (Å²) in [6.45, 7) is 2.21. The highest BCUT2D eigenvalue weighted by atomic mass is 15.4. The van der Waals surface area contributed by atoms with Crippen molar-refractivity contribution >= 4 is 11.6 Å². The highest BCUT2D eigenvalue weighted by molar-refractivity contribution is 5.46. The second-order valence-corrected chi connectivity index (χ2v) is 3.62. The fourth-order valence-corrected chi connectivity index (χ4v) is 1.96. The van der Waals surface area contributed by atoms with Crippen molar-refractivity contribution in [2.75, 3.05) is 18.0 Å². The summed E-state index contributed by atoms with van der Waals surface area (Å²) in [5.41, 5.74) is 0.925. The van der Waals surface area contributed by atoms with Crippen LogP contribution in [0.3, 0.4) is 0 Å². The van der Waals surface area contributed by atoms with Crippen molar-refractivity contribution in [3.63, 3.8) is 0 Å². The lowest BCUT2D eigenvalue weighted by atomic mass is 10.4. The molecule has 0 atom stereocenters. The monoisotopic (exact) mass is 188 g/mol. The fraction of sp³-hybridized carbons (Fsp3) is 0.400. The van der Waals surface area contributed by atoms with Crippen LogP contribution in [0.1, 0.15) is 12.8 Å². The molecule has 0 unspecified atom stereocenters. The van der Waals surface area contributed by atoms with Crippen molar-refractivity contribution in [1.82, 2.24) is 14.6 Å². The summed E-state index contributed by atoms with van der Waals surface area (Å²) >= 11 is 0. The molecule has 72 valence electrons. The third-order valence-corrected chi connectivity index (χ3v) is 2.68. The van der Waals surface area contributed by atoms with Gasteiger partial charge < -0.3 is 4.90 Å². The quantitative estimate of drug-likeness (QED) is 0.677. The first kappa shape index (κ1) is 7.79. The summed E-state index contributed by atoms with van der Waals surface area (Å²) in [5.74, 6) is 0.984. The molecule has 0 radical (unpaired) electrons. The molecule has 0 aliphatic carbocycles. The van der Waals surface area contributed by atoms with Gasteiger partial charge in [-0.1, -0.05) is 6.07 Å². The Morgan fingerprint density at radius 2 is 1.93 bits per heavy atom. The Morgan fingerprint density at radius 3 is 2.79 bits per heavy atom. The zero-order valence-corrected chi connectivity index (χ0v) is 7.93. The van der Waals surface area contributed by atoms with Gasteiger partial charge in [-0.2, -0.15) is 0 Å². The van der Waals surface area contributed by atoms with Gasteiger partial charge in [-0.3, -0.25) is 4.40 Å². The largest absolute Gasteiger partial charge is 0.341 e. The predicted octanol–water partition coefficient (Wildman–Crippen LogP) is 1.33. The molecule has 1 aliphatic rings. The minimum absolute atomic E-state index is 0.925. The van der Waals surface area contributed by atoms with Gasteiger partial charge in [0.2, 0.25) is 5.95 Å². The third kappa shape index (κ3) is 1.07. The highest BCUT2D eigenvalue weighted by Crippen LogP contribution is 2.18. The summed E-state index contributed by atoms with van der Waals surface area (Å²) in [5, 5.41) is 8.35. The fourth-order valence-electron chi connectivity index (χ4n) is 1.96. The van der Waals surface area contributed by atoms with Gasteiger partial charge in [0.05, 0.1) is 0 Å². The van der Waals surface area contributed by atoms with Crippen LogP contribution in [0.25, 0.3) is 5.65 Å². The van der Waals surface area contributed by atoms with E-state index in [1.54, 1.807) is 0 Å². The Kier molecular flexibility index (Phi) is 1.65. The number of rotatable bonds is 1. The molecule has 4 heteroatoms. The SMILES string of the molecule is c1ccn2c(N3CCCC3)nnc2c1. The Bertz CT molecular complexity index is 442. The van der Waals surface area contributed by atoms with E-state index in [1.807, 2.05) is 28.8 Å². The van der Waals surface area contributed by atoms with E-state index in [1.165, 1.54) is 12.8 Å². The molecule has 0 amide bonds. The molecule has 3 heterocycles. The maximum Gasteiger partial charge on any atom is 0.231 e. The second kappa shape index (κ2) is 2.97. The summed E-state index contributed by atoms with van der Waals surface area (Å²) in [6.07, 6.45) is 4.55. The van der Waals surface area contributed by atoms with Crippen molar-refractivity contribution in [3.05, 3.63) is 24.4 Å². The number of aromatic nitrogens is 3. The lowest BCUT2D eigenvalue weighted by Gasteiger charge is -2.13. The van der Waals surface area contributed by atoms with E-state index in [0.29, 0.717) is 0 Å². The van der Waals surface area contributed by atoms with Crippen LogP contribution >= 0.6 is 0 Å². The van der Waals surface area contributed by atoms with Crippen molar-refractivity contribution in [3.8, 4) is 0 Å². The third-order valence-electron chi connectivity index (χ3n) is 2.68. The van der Waals surface area contributed by atoms with Crippen LogP contribution in [0, 0.1) is 0 Å². The first-order valence-electron chi connectivity index (χ1n) is 5.00. The molecule has 1 aliphatic heterocycles. The maximum atomic E-state index is 4.22. The summed E-state index contributed by atoms with van der Waals surface area (Å²) in [4.78, 5) is 2.29. The van der Waals surface area contributed by atoms with Crippen molar-refractivity contribution in [2.24, 2.45) is 0 Å². The molecule has 3 rings (SSSR count). The average molecular weight is 188 g/mol. The van der Waals surface area contributed by atoms with E-state index >= 15 is 0 Å². The van der Waals surface area contributed by atoms with Gasteiger partial charge in [-0.05, 0) is 25.0 Å². The van der Waals surface area contributed by atoms with Crippen LogP contribution in [-0.4, -0.2) is 27.7 Å². The number of fused-ring (bicyclic) bond motifs is 1. The number of nitrogens with zero attached hydrogens (tertiary/aromatic N) is 4. The van der Waals surface area contributed by atoms with E-state index in [2.05, 4.69) is 15.1 Å². The Morgan fingerprint density at radius 1 is 1.07 bits per heavy atom. The number of pyridine rings is 1. The Balaban J connectivity index is 2.11. The molecule has 1 saturated heterocycles. The van der Waals surface area contributed by atoms with Gasteiger partial charge >= 0.3 is 0 Å². The number of anilines is 1. The lowest BCUT2D eigenvalue weighted by Crippen LogP contribution is -2.20. The zero-order valence-electron chi connectivity index (χ0n) is 7.93. The minimum Gasteiger partial charge on any atom is -0.341 e. The molecule has 0 aromatic carbocycles. The zero-order chi connectivity index (χ0) is 9.38. The van der Waals surface area contributed by atoms with E-state index in [-0.39, 0.29) is 0 Å². The van der Waals surface area contributed by atoms with E-state index in [9.17, 15) is 0 Å². The second-order valence-electron chi connectivity index (χ2n) is 3.62. The predicted molar refractivity (Wildman–Crippen MR) is 54.4 cm³/mol. The van der Waals surface area contributed by atoms with Crippen LogP contribution in [0.5, 0.6) is 0 Å². The van der Waals surface area contributed by atoms with Gasteiger partial charge in [0.15, 0.2) is 5.65 Å². The van der Waals surface area contributed by atoms with Crippen LogP contribution < -0.4 is 4.90 Å². The Labute approximate surface area is 82.2 Å². The molecular weight excluding hydrogens is 176 g/mol. The summed E-state index contributed by atoms with van der Waals surface area (Å²) < 4.78 is 2.05. The summed E-state index contributed by atoms with van der Waals surface area (Å²) in [7, 11) is 0.